The van der Waals surface area contributed by atoms with Gasteiger partial charge in [0.05, 0.1) is 19.9 Å². The van der Waals surface area contributed by atoms with E-state index in [2.05, 4.69) is 26.6 Å². The molecule has 0 aliphatic heterocycles. The highest BCUT2D eigenvalue weighted by atomic mass is 79.9. The van der Waals surface area contributed by atoms with Crippen LogP contribution in [0.15, 0.2) is 46.9 Å². The Morgan fingerprint density at radius 2 is 1.71 bits per heavy atom. The van der Waals surface area contributed by atoms with Crippen molar-refractivity contribution >= 4 is 33.3 Å². The Hall–Kier alpha value is -2.21. The Morgan fingerprint density at radius 1 is 1.00 bits per heavy atom. The monoisotopic (exact) mass is 350 g/mol. The summed E-state index contributed by atoms with van der Waals surface area (Å²) < 4.78 is 11.2. The van der Waals surface area contributed by atoms with Crippen LogP contribution in [0, 0.1) is 0 Å². The number of ether oxygens (including phenoxy) is 2. The topological polar surface area (TPSA) is 59.6 Å². The lowest BCUT2D eigenvalue weighted by Gasteiger charge is -2.12. The molecule has 110 valence electrons. The Bertz CT molecular complexity index is 647. The molecule has 5 nitrogen and oxygen atoms in total. The van der Waals surface area contributed by atoms with Crippen molar-refractivity contribution in [1.82, 2.24) is 0 Å². The summed E-state index contributed by atoms with van der Waals surface area (Å²) in [5.41, 5.74) is 1.30. The van der Waals surface area contributed by atoms with Crippen LogP contribution in [0.25, 0.3) is 0 Å². The van der Waals surface area contributed by atoms with Crippen molar-refractivity contribution in [3.8, 4) is 11.5 Å². The molecule has 0 aromatic heterocycles. The number of benzene rings is 2. The minimum atomic E-state index is -0.339. The van der Waals surface area contributed by atoms with E-state index in [9.17, 15) is 4.79 Å². The molecule has 0 unspecified atom stereocenters. The van der Waals surface area contributed by atoms with Gasteiger partial charge in [-0.15, -0.1) is 0 Å². The summed E-state index contributed by atoms with van der Waals surface area (Å²) in [5.74, 6) is 1.16. The molecule has 0 bridgehead atoms. The first-order valence-corrected chi connectivity index (χ1v) is 6.98. The summed E-state index contributed by atoms with van der Waals surface area (Å²) in [5, 5.41) is 5.49. The fourth-order valence-electron chi connectivity index (χ4n) is 1.76. The first-order chi connectivity index (χ1) is 10.1. The van der Waals surface area contributed by atoms with Crippen LogP contribution < -0.4 is 20.1 Å². The van der Waals surface area contributed by atoms with Crippen LogP contribution in [0.4, 0.5) is 16.2 Å². The molecule has 0 saturated carbocycles. The van der Waals surface area contributed by atoms with Gasteiger partial charge in [0.15, 0.2) is 11.5 Å². The number of rotatable bonds is 4. The standard InChI is InChI=1S/C15H15BrN2O3/c1-20-13-8-7-10(9-14(13)21-2)17-15(19)18-12-6-4-3-5-11(12)16/h3-9H,1-2H3,(H2,17,18,19). The maximum atomic E-state index is 12.0. The molecule has 6 heteroatoms. The van der Waals surface area contributed by atoms with E-state index in [1.165, 1.54) is 0 Å². The molecular formula is C15H15BrN2O3. The number of hydrogen-bond donors (Lipinski definition) is 2. The van der Waals surface area contributed by atoms with E-state index in [0.29, 0.717) is 22.9 Å². The van der Waals surface area contributed by atoms with E-state index >= 15 is 0 Å². The fourth-order valence-corrected chi connectivity index (χ4v) is 2.15. The van der Waals surface area contributed by atoms with Crippen molar-refractivity contribution in [1.29, 1.82) is 0 Å². The van der Waals surface area contributed by atoms with Crippen LogP contribution in [0.2, 0.25) is 0 Å². The average Bonchev–Trinajstić information content (AvgIpc) is 2.49. The molecular weight excluding hydrogens is 336 g/mol. The molecule has 0 saturated heterocycles. The van der Waals surface area contributed by atoms with E-state index in [1.807, 2.05) is 18.2 Å². The zero-order valence-corrected chi connectivity index (χ0v) is 13.2. The quantitative estimate of drug-likeness (QED) is 0.872. The number of amides is 2. The third-order valence-electron chi connectivity index (χ3n) is 2.76. The normalized spacial score (nSPS) is 9.86. The van der Waals surface area contributed by atoms with Gasteiger partial charge < -0.3 is 20.1 Å². The van der Waals surface area contributed by atoms with Gasteiger partial charge >= 0.3 is 6.03 Å². The number of halogens is 1. The molecule has 0 fully saturated rings. The summed E-state index contributed by atoms with van der Waals surface area (Å²) in [4.78, 5) is 12.0. The minimum absolute atomic E-state index is 0.339. The van der Waals surface area contributed by atoms with Gasteiger partial charge in [-0.3, -0.25) is 0 Å². The second-order valence-corrected chi connectivity index (χ2v) is 4.98. The number of para-hydroxylation sites is 1. The summed E-state index contributed by atoms with van der Waals surface area (Å²) in [6.45, 7) is 0. The summed E-state index contributed by atoms with van der Waals surface area (Å²) in [6.07, 6.45) is 0. The van der Waals surface area contributed by atoms with Gasteiger partial charge in [-0.25, -0.2) is 4.79 Å². The molecule has 2 amide bonds. The third-order valence-corrected chi connectivity index (χ3v) is 3.45. The highest BCUT2D eigenvalue weighted by molar-refractivity contribution is 9.10. The van der Waals surface area contributed by atoms with Gasteiger partial charge in [-0.05, 0) is 40.2 Å². The predicted octanol–water partition coefficient (Wildman–Crippen LogP) is 4.11. The number of methoxy groups -OCH3 is 2. The first-order valence-electron chi connectivity index (χ1n) is 6.18. The largest absolute Gasteiger partial charge is 0.493 e. The van der Waals surface area contributed by atoms with Crippen LogP contribution in [-0.4, -0.2) is 20.3 Å². The molecule has 0 atom stereocenters. The van der Waals surface area contributed by atoms with Crippen molar-refractivity contribution in [3.63, 3.8) is 0 Å². The first kappa shape index (κ1) is 15.2. The molecule has 2 aromatic carbocycles. The molecule has 2 aromatic rings. The third kappa shape index (κ3) is 3.88. The average molecular weight is 351 g/mol. The van der Waals surface area contributed by atoms with Crippen LogP contribution >= 0.6 is 15.9 Å². The van der Waals surface area contributed by atoms with Crippen molar-refractivity contribution < 1.29 is 14.3 Å². The van der Waals surface area contributed by atoms with E-state index in [1.54, 1.807) is 38.5 Å². The van der Waals surface area contributed by atoms with Crippen molar-refractivity contribution in [2.75, 3.05) is 24.9 Å². The van der Waals surface area contributed by atoms with Gasteiger partial charge in [0.1, 0.15) is 0 Å². The molecule has 0 spiro atoms. The van der Waals surface area contributed by atoms with Crippen molar-refractivity contribution in [2.45, 2.75) is 0 Å². The zero-order valence-electron chi connectivity index (χ0n) is 11.6. The lowest BCUT2D eigenvalue weighted by Crippen LogP contribution is -2.19. The number of carbonyl (C=O) groups excluding carboxylic acids is 1. The molecule has 0 heterocycles. The summed E-state index contributed by atoms with van der Waals surface area (Å²) in [6, 6.07) is 12.2. The number of anilines is 2. The van der Waals surface area contributed by atoms with E-state index in [-0.39, 0.29) is 6.03 Å². The summed E-state index contributed by atoms with van der Waals surface area (Å²) in [7, 11) is 3.10. The van der Waals surface area contributed by atoms with Gasteiger partial charge in [0.25, 0.3) is 0 Å². The van der Waals surface area contributed by atoms with Crippen LogP contribution in [0.5, 0.6) is 11.5 Å². The SMILES string of the molecule is COc1ccc(NC(=O)Nc2ccccc2Br)cc1OC. The smallest absolute Gasteiger partial charge is 0.323 e. The maximum Gasteiger partial charge on any atom is 0.323 e. The van der Waals surface area contributed by atoms with Crippen molar-refractivity contribution in [3.05, 3.63) is 46.9 Å². The lowest BCUT2D eigenvalue weighted by atomic mass is 10.2. The number of hydrogen-bond acceptors (Lipinski definition) is 3. The minimum Gasteiger partial charge on any atom is -0.493 e. The zero-order chi connectivity index (χ0) is 15.2. The molecule has 0 aliphatic rings. The van der Waals surface area contributed by atoms with Gasteiger partial charge in [0.2, 0.25) is 0 Å². The second kappa shape index (κ2) is 6.99. The fraction of sp³-hybridized carbons (Fsp3) is 0.133. The van der Waals surface area contributed by atoms with E-state index in [4.69, 9.17) is 9.47 Å². The number of nitrogens with one attached hydrogen (secondary N) is 2. The van der Waals surface area contributed by atoms with E-state index < -0.39 is 0 Å². The Kier molecular flexibility index (Phi) is 5.05. The number of carbonyl (C=O) groups is 1. The lowest BCUT2D eigenvalue weighted by molar-refractivity contribution is 0.262. The maximum absolute atomic E-state index is 12.0. The molecule has 0 radical (unpaired) electrons. The predicted molar refractivity (Wildman–Crippen MR) is 86.3 cm³/mol. The van der Waals surface area contributed by atoms with E-state index in [0.717, 1.165) is 4.47 Å². The summed E-state index contributed by atoms with van der Waals surface area (Å²) >= 11 is 3.37. The molecule has 2 N–H and O–H groups in total. The molecule has 0 aliphatic carbocycles. The Balaban J connectivity index is 2.08. The Morgan fingerprint density at radius 3 is 2.38 bits per heavy atom. The molecule has 21 heavy (non-hydrogen) atoms. The van der Waals surface area contributed by atoms with Crippen LogP contribution in [0.3, 0.4) is 0 Å². The van der Waals surface area contributed by atoms with Gasteiger partial charge in [0, 0.05) is 16.2 Å². The van der Waals surface area contributed by atoms with Gasteiger partial charge in [-0.1, -0.05) is 12.1 Å². The Labute approximate surface area is 131 Å². The van der Waals surface area contributed by atoms with Crippen molar-refractivity contribution in [2.24, 2.45) is 0 Å². The van der Waals surface area contributed by atoms with Crippen LogP contribution in [-0.2, 0) is 0 Å². The van der Waals surface area contributed by atoms with Gasteiger partial charge in [-0.2, -0.15) is 0 Å². The second-order valence-electron chi connectivity index (χ2n) is 4.13. The highest BCUT2D eigenvalue weighted by Gasteiger charge is 2.08. The van der Waals surface area contributed by atoms with Crippen LogP contribution in [0.1, 0.15) is 0 Å². The highest BCUT2D eigenvalue weighted by Crippen LogP contribution is 2.30. The number of urea groups is 1. The molecule has 2 rings (SSSR count).